The van der Waals surface area contributed by atoms with Crippen LogP contribution < -0.4 is 0 Å². The highest BCUT2D eigenvalue weighted by molar-refractivity contribution is 9.10. The molecular formula is C73H107BrN2O4. The van der Waals surface area contributed by atoms with Crippen LogP contribution in [0.15, 0.2) is 40.9 Å². The van der Waals surface area contributed by atoms with Crippen molar-refractivity contribution in [2.45, 2.75) is 291 Å². The van der Waals surface area contributed by atoms with Crippen molar-refractivity contribution in [2.24, 2.45) is 11.8 Å². The number of imide groups is 2. The predicted molar refractivity (Wildman–Crippen MR) is 345 cm³/mol. The molecule has 2 unspecified atom stereocenters. The van der Waals surface area contributed by atoms with Crippen LogP contribution in [0.2, 0.25) is 0 Å². The number of hydrogen-bond donors (Lipinski definition) is 0. The first-order valence-corrected chi connectivity index (χ1v) is 34.6. The third kappa shape index (κ3) is 16.7. The molecule has 0 fully saturated rings. The molecule has 0 spiro atoms. The lowest BCUT2D eigenvalue weighted by molar-refractivity contribution is 0.0562. The number of fused-ring (bicyclic) bond motifs is 2. The molecule has 0 bridgehead atoms. The Morgan fingerprint density at radius 3 is 0.938 bits per heavy atom. The lowest BCUT2D eigenvalue weighted by Crippen LogP contribution is -2.43. The van der Waals surface area contributed by atoms with Gasteiger partial charge in [-0.3, -0.25) is 29.0 Å². The Balaban J connectivity index is 1.10. The summed E-state index contributed by atoms with van der Waals surface area (Å²) in [7, 11) is 0. The van der Waals surface area contributed by atoms with Crippen molar-refractivity contribution in [1.29, 1.82) is 0 Å². The van der Waals surface area contributed by atoms with Gasteiger partial charge in [-0.2, -0.15) is 0 Å². The van der Waals surface area contributed by atoms with Crippen molar-refractivity contribution < 1.29 is 19.2 Å². The van der Waals surface area contributed by atoms with Gasteiger partial charge in [0.15, 0.2) is 0 Å². The van der Waals surface area contributed by atoms with E-state index in [1.165, 1.54) is 205 Å². The van der Waals surface area contributed by atoms with E-state index in [1.54, 1.807) is 9.80 Å². The van der Waals surface area contributed by atoms with Gasteiger partial charge < -0.3 is 0 Å². The molecule has 5 aromatic carbocycles. The second-order valence-corrected chi connectivity index (χ2v) is 26.2. The van der Waals surface area contributed by atoms with Crippen molar-refractivity contribution in [3.05, 3.63) is 68.7 Å². The summed E-state index contributed by atoms with van der Waals surface area (Å²) < 4.78 is 0.789. The average Bonchev–Trinajstić information content (AvgIpc) is 3.55. The quantitative estimate of drug-likeness (QED) is 0.0169. The highest BCUT2D eigenvalue weighted by atomic mass is 79.9. The highest BCUT2D eigenvalue weighted by Crippen LogP contribution is 2.50. The van der Waals surface area contributed by atoms with Gasteiger partial charge in [-0.15, -0.1) is 0 Å². The van der Waals surface area contributed by atoms with Gasteiger partial charge >= 0.3 is 0 Å². The summed E-state index contributed by atoms with van der Waals surface area (Å²) in [5, 5.41) is 7.06. The number of nitrogens with zero attached hydrogens (tertiary/aromatic N) is 2. The van der Waals surface area contributed by atoms with Gasteiger partial charge in [0, 0.05) is 61.4 Å². The number of amides is 4. The summed E-state index contributed by atoms with van der Waals surface area (Å²) in [6, 6.07) is 12.0. The molecule has 2 aliphatic rings. The molecule has 7 heteroatoms. The molecule has 0 N–H and O–H groups in total. The number of rotatable bonds is 44. The molecule has 2 aliphatic heterocycles. The average molecular weight is 1160 g/mol. The van der Waals surface area contributed by atoms with E-state index in [-0.39, 0.29) is 35.5 Å². The van der Waals surface area contributed by atoms with Crippen molar-refractivity contribution in [3.8, 4) is 0 Å². The molecule has 0 radical (unpaired) electrons. The predicted octanol–water partition coefficient (Wildman–Crippen LogP) is 22.9. The summed E-state index contributed by atoms with van der Waals surface area (Å²) >= 11 is 4.00. The van der Waals surface area contributed by atoms with Crippen LogP contribution in [0.4, 0.5) is 0 Å². The summed E-state index contributed by atoms with van der Waals surface area (Å²) in [5.74, 6) is -0.206. The summed E-state index contributed by atoms with van der Waals surface area (Å²) in [5.41, 5.74) is 3.32. The third-order valence-corrected chi connectivity index (χ3v) is 19.5. The van der Waals surface area contributed by atoms with Crippen LogP contribution in [0.3, 0.4) is 0 Å². The minimum absolute atomic E-state index is 0.182. The molecule has 7 rings (SSSR count). The van der Waals surface area contributed by atoms with Gasteiger partial charge in [0.25, 0.3) is 23.6 Å². The Morgan fingerprint density at radius 2 is 0.600 bits per heavy atom. The second kappa shape index (κ2) is 34.1. The Hall–Kier alpha value is -3.84. The van der Waals surface area contributed by atoms with Crippen LogP contribution in [0, 0.1) is 18.8 Å². The molecule has 6 nitrogen and oxygen atoms in total. The van der Waals surface area contributed by atoms with Crippen LogP contribution >= 0.6 is 15.9 Å². The van der Waals surface area contributed by atoms with E-state index in [9.17, 15) is 19.2 Å². The Labute approximate surface area is 494 Å². The van der Waals surface area contributed by atoms with E-state index in [0.29, 0.717) is 35.3 Å². The van der Waals surface area contributed by atoms with Gasteiger partial charge in [-0.1, -0.05) is 287 Å². The van der Waals surface area contributed by atoms with E-state index in [0.717, 1.165) is 104 Å². The number of aryl methyl sites for hydroxylation is 1. The van der Waals surface area contributed by atoms with Gasteiger partial charge in [0.1, 0.15) is 0 Å². The summed E-state index contributed by atoms with van der Waals surface area (Å²) in [6.45, 7) is 12.1. The lowest BCUT2D eigenvalue weighted by Gasteiger charge is -2.33. The molecule has 0 saturated heterocycles. The minimum atomic E-state index is -0.200. The van der Waals surface area contributed by atoms with Gasteiger partial charge in [-0.25, -0.2) is 0 Å². The lowest BCUT2D eigenvalue weighted by atomic mass is 9.80. The van der Waals surface area contributed by atoms with E-state index < -0.39 is 0 Å². The van der Waals surface area contributed by atoms with Gasteiger partial charge in [0.05, 0.1) is 0 Å². The van der Waals surface area contributed by atoms with Crippen LogP contribution in [0.5, 0.6) is 0 Å². The van der Waals surface area contributed by atoms with Gasteiger partial charge in [0.2, 0.25) is 0 Å². The van der Waals surface area contributed by atoms with Crippen molar-refractivity contribution in [2.75, 3.05) is 13.1 Å². The molecule has 80 heavy (non-hydrogen) atoms. The zero-order valence-corrected chi connectivity index (χ0v) is 52.8. The topological polar surface area (TPSA) is 74.8 Å². The molecule has 2 atom stereocenters. The normalized spacial score (nSPS) is 14.4. The van der Waals surface area contributed by atoms with Crippen LogP contribution in [-0.2, 0) is 0 Å². The summed E-state index contributed by atoms with van der Waals surface area (Å²) in [4.78, 5) is 63.0. The molecule has 2 heterocycles. The number of carbonyl (C=O) groups is 4. The SMILES string of the molecule is CCCCCCCCCCCCC(CCCCCCCCCC)CN1C(=O)c2ccc3c4c(Br)cc5c6c(ccc(c7c(C)cc(c2c37)C1=O)c64)C(=O)N(CC(CCCCCCCCCC)CCCCCCCCCCCC)C5=O. The molecule has 0 saturated carbocycles. The maximum absolute atomic E-state index is 15.0. The molecule has 0 aromatic heterocycles. The maximum Gasteiger partial charge on any atom is 0.261 e. The Kier molecular flexibility index (Phi) is 27.1. The molecule has 0 aliphatic carbocycles. The number of halogens is 1. The van der Waals surface area contributed by atoms with Crippen molar-refractivity contribution in [3.63, 3.8) is 0 Å². The van der Waals surface area contributed by atoms with Crippen LogP contribution in [0.25, 0.3) is 43.1 Å². The number of benzene rings is 5. The van der Waals surface area contributed by atoms with E-state index in [4.69, 9.17) is 0 Å². The first kappa shape index (κ1) is 63.7. The summed E-state index contributed by atoms with van der Waals surface area (Å²) in [6.07, 6.45) is 50.3. The number of hydrogen-bond acceptors (Lipinski definition) is 4. The van der Waals surface area contributed by atoms with Gasteiger partial charge in [-0.05, 0) is 95.8 Å². The minimum Gasteiger partial charge on any atom is -0.274 e. The Morgan fingerprint density at radius 1 is 0.325 bits per heavy atom. The second-order valence-electron chi connectivity index (χ2n) is 25.4. The standard InChI is InChI=1S/C73H107BrN2O4/c1-6-10-14-18-22-26-28-32-36-40-43-55(42-38-34-30-24-20-16-12-8-3)52-75-70(77)59-49-47-58-67-63(74)51-62-66-60(48-46-57(69(66)67)64-54(5)50-61(72(75)79)65(59)68(58)64)71(78)76(73(62)80)53-56(44-39-35-31-25-21-17-13-9-4)45-41-37-33-29-27-23-19-15-11-7-2/h46-51,55-56H,6-45,52-53H2,1-5H3. The first-order valence-electron chi connectivity index (χ1n) is 33.8. The van der Waals surface area contributed by atoms with Crippen LogP contribution in [0.1, 0.15) is 332 Å². The number of carbonyl (C=O) groups excluding carboxylic acids is 4. The molecular weight excluding hydrogens is 1050 g/mol. The highest BCUT2D eigenvalue weighted by Gasteiger charge is 2.39. The first-order chi connectivity index (χ1) is 39.2. The fourth-order valence-electron chi connectivity index (χ4n) is 14.2. The largest absolute Gasteiger partial charge is 0.274 e. The van der Waals surface area contributed by atoms with Crippen molar-refractivity contribution >= 4 is 82.6 Å². The molecule has 5 aromatic rings. The smallest absolute Gasteiger partial charge is 0.261 e. The van der Waals surface area contributed by atoms with Crippen LogP contribution in [-0.4, -0.2) is 46.5 Å². The monoisotopic (exact) mass is 1150 g/mol. The van der Waals surface area contributed by atoms with E-state index in [1.807, 2.05) is 24.3 Å². The van der Waals surface area contributed by atoms with E-state index >= 15 is 0 Å². The zero-order valence-electron chi connectivity index (χ0n) is 51.2. The fourth-order valence-corrected chi connectivity index (χ4v) is 14.8. The zero-order chi connectivity index (χ0) is 56.6. The maximum atomic E-state index is 15.0. The third-order valence-electron chi connectivity index (χ3n) is 18.9. The van der Waals surface area contributed by atoms with Crippen molar-refractivity contribution in [1.82, 2.24) is 9.80 Å². The Bertz CT molecular complexity index is 2550. The molecule has 4 amide bonds. The number of unbranched alkanes of at least 4 members (excludes halogenated alkanes) is 32. The fraction of sp³-hybridized carbons (Fsp3) is 0.671. The molecule has 440 valence electrons. The van der Waals surface area contributed by atoms with E-state index in [2.05, 4.69) is 62.7 Å².